The highest BCUT2D eigenvalue weighted by atomic mass is 32.2. The lowest BCUT2D eigenvalue weighted by Gasteiger charge is -2.16. The molecule has 0 saturated heterocycles. The van der Waals surface area contributed by atoms with Gasteiger partial charge in [0, 0.05) is 6.42 Å². The van der Waals surface area contributed by atoms with E-state index in [0.29, 0.717) is 6.42 Å². The summed E-state index contributed by atoms with van der Waals surface area (Å²) in [6.07, 6.45) is 4.52. The summed E-state index contributed by atoms with van der Waals surface area (Å²) in [7, 11) is 0.171. The summed E-state index contributed by atoms with van der Waals surface area (Å²) in [5.41, 5.74) is 0. The second-order valence-corrected chi connectivity index (χ2v) is 5.98. The van der Waals surface area contributed by atoms with Gasteiger partial charge in [-0.25, -0.2) is 0 Å². The fraction of sp³-hybridized carbons (Fsp3) is 0.778. The Hall–Kier alpha value is -0.750. The van der Waals surface area contributed by atoms with Crippen molar-refractivity contribution in [3.05, 3.63) is 0 Å². The minimum Gasteiger partial charge on any atom is -0.480 e. The molecule has 88 valence electrons. The van der Waals surface area contributed by atoms with Gasteiger partial charge in [-0.1, -0.05) is 0 Å². The summed E-state index contributed by atoms with van der Waals surface area (Å²) in [6.45, 7) is 1.44. The molecular formula is C9H18NO4S+. The molecule has 0 amide bonds. The Labute approximate surface area is 92.2 Å². The quantitative estimate of drug-likeness (QED) is 0.532. The van der Waals surface area contributed by atoms with Crippen LogP contribution in [0.3, 0.4) is 0 Å². The van der Waals surface area contributed by atoms with Crippen LogP contribution in [0.25, 0.3) is 0 Å². The molecule has 0 aliphatic rings. The van der Waals surface area contributed by atoms with Gasteiger partial charge in [-0.2, -0.15) is 0 Å². The van der Waals surface area contributed by atoms with Crippen molar-refractivity contribution in [1.29, 1.82) is 0 Å². The smallest absolute Gasteiger partial charge is 0.320 e. The molecule has 3 N–H and O–H groups in total. The Kier molecular flexibility index (Phi) is 6.35. The minimum absolute atomic E-state index is 0.171. The Morgan fingerprint density at radius 1 is 1.27 bits per heavy atom. The van der Waals surface area contributed by atoms with E-state index >= 15 is 0 Å². The molecule has 0 heterocycles. The molecule has 0 aromatic rings. The molecule has 0 spiro atoms. The summed E-state index contributed by atoms with van der Waals surface area (Å²) in [4.78, 5) is 21.4. The predicted octanol–water partition coefficient (Wildman–Crippen LogP) is -0.230. The Morgan fingerprint density at radius 2 is 1.80 bits per heavy atom. The van der Waals surface area contributed by atoms with Crippen LogP contribution in [0, 0.1) is 0 Å². The Bertz CT molecular complexity index is 232. The van der Waals surface area contributed by atoms with Gasteiger partial charge in [0.25, 0.3) is 0 Å². The molecule has 0 aromatic heterocycles. The fourth-order valence-corrected chi connectivity index (χ4v) is 1.71. The van der Waals surface area contributed by atoms with Crippen molar-refractivity contribution in [3.8, 4) is 0 Å². The van der Waals surface area contributed by atoms with Crippen LogP contribution in [0.5, 0.6) is 0 Å². The third-order valence-corrected chi connectivity index (χ3v) is 2.99. The first-order valence-electron chi connectivity index (χ1n) is 4.60. The first kappa shape index (κ1) is 14.2. The highest BCUT2D eigenvalue weighted by Crippen LogP contribution is 1.99. The van der Waals surface area contributed by atoms with Gasteiger partial charge in [0.05, 0.1) is 12.5 Å². The van der Waals surface area contributed by atoms with E-state index in [1.54, 1.807) is 0 Å². The number of aliphatic carboxylic acids is 2. The second-order valence-electron chi connectivity index (χ2n) is 3.60. The highest BCUT2D eigenvalue weighted by molar-refractivity contribution is 7.95. The number of carbonyl (C=O) groups is 2. The fourth-order valence-electron chi connectivity index (χ4n) is 1.00. The van der Waals surface area contributed by atoms with Gasteiger partial charge in [-0.15, -0.1) is 0 Å². The van der Waals surface area contributed by atoms with Crippen LogP contribution in [0.15, 0.2) is 0 Å². The average molecular weight is 236 g/mol. The molecule has 2 atom stereocenters. The van der Waals surface area contributed by atoms with Crippen molar-refractivity contribution in [1.82, 2.24) is 5.32 Å². The highest BCUT2D eigenvalue weighted by Gasteiger charge is 2.24. The molecule has 0 radical (unpaired) electrons. The zero-order chi connectivity index (χ0) is 12.0. The Morgan fingerprint density at radius 3 is 2.13 bits per heavy atom. The summed E-state index contributed by atoms with van der Waals surface area (Å²) < 4.78 is 0. The van der Waals surface area contributed by atoms with E-state index in [9.17, 15) is 9.59 Å². The van der Waals surface area contributed by atoms with E-state index in [1.807, 2.05) is 12.5 Å². The molecule has 0 aliphatic carbocycles. The molecular weight excluding hydrogens is 218 g/mol. The molecule has 0 aromatic carbocycles. The third kappa shape index (κ3) is 6.35. The van der Waals surface area contributed by atoms with Crippen LogP contribution in [0.4, 0.5) is 0 Å². The maximum absolute atomic E-state index is 10.8. The number of rotatable bonds is 7. The summed E-state index contributed by atoms with van der Waals surface area (Å²) >= 11 is 0. The lowest BCUT2D eigenvalue weighted by molar-refractivity contribution is -0.142. The lowest BCUT2D eigenvalue weighted by atomic mass is 10.2. The average Bonchev–Trinajstić information content (AvgIpc) is 2.10. The van der Waals surface area contributed by atoms with Crippen molar-refractivity contribution in [2.45, 2.75) is 25.4 Å². The maximum Gasteiger partial charge on any atom is 0.320 e. The van der Waals surface area contributed by atoms with E-state index in [4.69, 9.17) is 10.2 Å². The molecule has 0 bridgehead atoms. The van der Waals surface area contributed by atoms with E-state index in [-0.39, 0.29) is 10.9 Å². The van der Waals surface area contributed by atoms with E-state index < -0.39 is 24.0 Å². The SMILES string of the molecule is CC(N[C@@H](CC[S+](C)C)C(=O)O)C(=O)O. The Balaban J connectivity index is 4.16. The van der Waals surface area contributed by atoms with Crippen molar-refractivity contribution >= 4 is 22.8 Å². The monoisotopic (exact) mass is 236 g/mol. The predicted molar refractivity (Wildman–Crippen MR) is 60.4 cm³/mol. The lowest BCUT2D eigenvalue weighted by Crippen LogP contribution is -2.46. The molecule has 15 heavy (non-hydrogen) atoms. The van der Waals surface area contributed by atoms with Gasteiger partial charge in [0.15, 0.2) is 0 Å². The largest absolute Gasteiger partial charge is 0.480 e. The van der Waals surface area contributed by atoms with Gasteiger partial charge in [-0.05, 0) is 17.8 Å². The topological polar surface area (TPSA) is 86.6 Å². The molecule has 5 nitrogen and oxygen atoms in total. The molecule has 0 fully saturated rings. The standard InChI is InChI=1S/C9H17NO4S/c1-6(8(11)12)10-7(9(13)14)4-5-15(2)3/h6-7,10H,4-5H2,1-3H3,(H-,11,12,13,14)/p+1/t6?,7-/m0/s1. The number of carboxylic acid groups (broad SMARTS) is 2. The first-order valence-corrected chi connectivity index (χ1v) is 6.81. The van der Waals surface area contributed by atoms with Crippen molar-refractivity contribution in [3.63, 3.8) is 0 Å². The second kappa shape index (κ2) is 6.68. The molecule has 0 saturated carbocycles. The zero-order valence-electron chi connectivity index (χ0n) is 9.19. The first-order chi connectivity index (χ1) is 6.84. The van der Waals surface area contributed by atoms with Crippen molar-refractivity contribution in [2.75, 3.05) is 18.3 Å². The zero-order valence-corrected chi connectivity index (χ0v) is 10.0. The molecule has 0 aliphatic heterocycles. The van der Waals surface area contributed by atoms with E-state index in [2.05, 4.69) is 5.32 Å². The van der Waals surface area contributed by atoms with Crippen molar-refractivity contribution in [2.24, 2.45) is 0 Å². The van der Waals surface area contributed by atoms with Gasteiger partial charge < -0.3 is 10.2 Å². The number of hydrogen-bond acceptors (Lipinski definition) is 3. The van der Waals surface area contributed by atoms with Gasteiger partial charge >= 0.3 is 11.9 Å². The van der Waals surface area contributed by atoms with Gasteiger partial charge in [-0.3, -0.25) is 14.9 Å². The van der Waals surface area contributed by atoms with Crippen LogP contribution in [0.1, 0.15) is 13.3 Å². The summed E-state index contributed by atoms with van der Waals surface area (Å²) in [5, 5.41) is 20.1. The van der Waals surface area contributed by atoms with Crippen LogP contribution in [0.2, 0.25) is 0 Å². The molecule has 6 heteroatoms. The van der Waals surface area contributed by atoms with Crippen LogP contribution in [-0.2, 0) is 20.5 Å². The number of nitrogens with one attached hydrogen (secondary N) is 1. The molecule has 1 unspecified atom stereocenters. The van der Waals surface area contributed by atoms with Crippen LogP contribution in [-0.4, -0.2) is 52.5 Å². The number of carboxylic acids is 2. The maximum atomic E-state index is 10.8. The van der Waals surface area contributed by atoms with Crippen molar-refractivity contribution < 1.29 is 19.8 Å². The van der Waals surface area contributed by atoms with Gasteiger partial charge in [0.1, 0.15) is 17.8 Å². The van der Waals surface area contributed by atoms with Crippen LogP contribution < -0.4 is 5.32 Å². The minimum atomic E-state index is -1.03. The number of hydrogen-bond donors (Lipinski definition) is 3. The van der Waals surface area contributed by atoms with Crippen LogP contribution >= 0.6 is 0 Å². The molecule has 0 rings (SSSR count). The summed E-state index contributed by atoms with van der Waals surface area (Å²) in [5.74, 6) is -1.24. The van der Waals surface area contributed by atoms with E-state index in [1.165, 1.54) is 6.92 Å². The van der Waals surface area contributed by atoms with Gasteiger partial charge in [0.2, 0.25) is 0 Å². The normalized spacial score (nSPS) is 14.9. The summed E-state index contributed by atoms with van der Waals surface area (Å²) in [6, 6.07) is -1.60. The van der Waals surface area contributed by atoms with E-state index in [0.717, 1.165) is 5.75 Å². The third-order valence-electron chi connectivity index (χ3n) is 1.93.